The van der Waals surface area contributed by atoms with E-state index in [1.54, 1.807) is 31.2 Å². The number of nitrogens with zero attached hydrogens (tertiary/aromatic N) is 1. The number of ether oxygens (including phenoxy) is 1. The molecule has 5 nitrogen and oxygen atoms in total. The summed E-state index contributed by atoms with van der Waals surface area (Å²) in [7, 11) is 0. The normalized spacial score (nSPS) is 12.7. The van der Waals surface area contributed by atoms with Gasteiger partial charge in [0.15, 0.2) is 18.2 Å². The minimum Gasteiger partial charge on any atom is -0.481 e. The maximum absolute atomic E-state index is 13.8. The van der Waals surface area contributed by atoms with Gasteiger partial charge in [-0.2, -0.15) is 0 Å². The van der Waals surface area contributed by atoms with E-state index in [1.807, 2.05) is 13.8 Å². The molecule has 0 saturated heterocycles. The monoisotopic (exact) mass is 454 g/mol. The van der Waals surface area contributed by atoms with Crippen molar-refractivity contribution in [3.8, 4) is 5.75 Å². The van der Waals surface area contributed by atoms with Crippen LogP contribution in [0.3, 0.4) is 0 Å². The van der Waals surface area contributed by atoms with Crippen molar-refractivity contribution in [3.05, 3.63) is 63.9 Å². The Hall–Kier alpha value is -2.31. The summed E-state index contributed by atoms with van der Waals surface area (Å²) >= 11 is 12.2. The second-order valence-corrected chi connectivity index (χ2v) is 7.81. The summed E-state index contributed by atoms with van der Waals surface area (Å²) in [5.74, 6) is -1.38. The second-order valence-electron chi connectivity index (χ2n) is 6.97. The van der Waals surface area contributed by atoms with Gasteiger partial charge in [-0.1, -0.05) is 48.3 Å². The lowest BCUT2D eigenvalue weighted by Gasteiger charge is -2.30. The van der Waals surface area contributed by atoms with Gasteiger partial charge in [0.25, 0.3) is 5.91 Å². The number of benzene rings is 2. The molecular weight excluding hydrogens is 430 g/mol. The summed E-state index contributed by atoms with van der Waals surface area (Å²) in [6, 6.07) is 9.91. The minimum absolute atomic E-state index is 0.0352. The van der Waals surface area contributed by atoms with Crippen molar-refractivity contribution in [2.24, 2.45) is 0 Å². The van der Waals surface area contributed by atoms with E-state index in [4.69, 9.17) is 27.9 Å². The van der Waals surface area contributed by atoms with Crippen molar-refractivity contribution in [2.75, 3.05) is 6.61 Å². The largest absolute Gasteiger partial charge is 0.481 e. The molecule has 8 heteroatoms. The number of hydrogen-bond donors (Lipinski definition) is 1. The molecule has 0 radical (unpaired) electrons. The highest BCUT2D eigenvalue weighted by Crippen LogP contribution is 2.23. The Morgan fingerprint density at radius 3 is 2.50 bits per heavy atom. The summed E-state index contributed by atoms with van der Waals surface area (Å²) in [5, 5.41) is 3.71. The number of para-hydroxylation sites is 1. The predicted octanol–water partition coefficient (Wildman–Crippen LogP) is 4.84. The summed E-state index contributed by atoms with van der Waals surface area (Å²) in [5.41, 5.74) is 0.628. The second kappa shape index (κ2) is 11.2. The van der Waals surface area contributed by atoms with Crippen LogP contribution in [-0.4, -0.2) is 35.4 Å². The molecule has 0 spiro atoms. The fourth-order valence-electron chi connectivity index (χ4n) is 2.67. The lowest BCUT2D eigenvalue weighted by Crippen LogP contribution is -2.50. The molecule has 2 atom stereocenters. The third-order valence-electron chi connectivity index (χ3n) is 4.71. The van der Waals surface area contributed by atoms with E-state index in [0.717, 1.165) is 6.42 Å². The van der Waals surface area contributed by atoms with Crippen molar-refractivity contribution < 1.29 is 18.7 Å². The first-order chi connectivity index (χ1) is 14.2. The Labute approximate surface area is 186 Å². The number of hydrogen-bond acceptors (Lipinski definition) is 3. The minimum atomic E-state index is -0.789. The Bertz CT molecular complexity index is 894. The summed E-state index contributed by atoms with van der Waals surface area (Å²) in [4.78, 5) is 27.0. The molecule has 0 aromatic heterocycles. The van der Waals surface area contributed by atoms with Gasteiger partial charge < -0.3 is 15.0 Å². The van der Waals surface area contributed by atoms with Crippen LogP contribution in [0.15, 0.2) is 42.5 Å². The molecular formula is C22H25Cl2FN2O3. The fraction of sp³-hybridized carbons (Fsp3) is 0.364. The first-order valence-corrected chi connectivity index (χ1v) is 10.4. The lowest BCUT2D eigenvalue weighted by molar-refractivity contribution is -0.142. The first-order valence-electron chi connectivity index (χ1n) is 9.64. The van der Waals surface area contributed by atoms with Crippen LogP contribution in [0.4, 0.5) is 4.39 Å². The number of nitrogens with one attached hydrogen (secondary N) is 1. The Morgan fingerprint density at radius 1 is 1.17 bits per heavy atom. The van der Waals surface area contributed by atoms with E-state index in [1.165, 1.54) is 23.1 Å². The molecule has 162 valence electrons. The zero-order valence-corrected chi connectivity index (χ0v) is 18.6. The molecule has 0 unspecified atom stereocenters. The Morgan fingerprint density at radius 2 is 1.87 bits per heavy atom. The van der Waals surface area contributed by atoms with Crippen molar-refractivity contribution in [1.82, 2.24) is 10.2 Å². The van der Waals surface area contributed by atoms with Crippen LogP contribution in [0.2, 0.25) is 10.0 Å². The van der Waals surface area contributed by atoms with Crippen LogP contribution >= 0.6 is 23.2 Å². The van der Waals surface area contributed by atoms with Gasteiger partial charge in [0.2, 0.25) is 5.91 Å². The van der Waals surface area contributed by atoms with Crippen molar-refractivity contribution in [1.29, 1.82) is 0 Å². The zero-order valence-electron chi connectivity index (χ0n) is 17.1. The highest BCUT2D eigenvalue weighted by atomic mass is 35.5. The van der Waals surface area contributed by atoms with Gasteiger partial charge in [-0.25, -0.2) is 4.39 Å². The van der Waals surface area contributed by atoms with E-state index in [-0.39, 0.29) is 24.2 Å². The summed E-state index contributed by atoms with van der Waals surface area (Å²) < 4.78 is 19.2. The van der Waals surface area contributed by atoms with Crippen LogP contribution in [0.1, 0.15) is 32.8 Å². The van der Waals surface area contributed by atoms with Crippen molar-refractivity contribution in [3.63, 3.8) is 0 Å². The number of carbonyl (C=O) groups excluding carboxylic acids is 2. The Balaban J connectivity index is 2.21. The average Bonchev–Trinajstić information content (AvgIpc) is 2.71. The quantitative estimate of drug-likeness (QED) is 0.589. The molecule has 30 heavy (non-hydrogen) atoms. The number of rotatable bonds is 9. The maximum atomic E-state index is 13.8. The number of halogens is 3. The highest BCUT2D eigenvalue weighted by molar-refractivity contribution is 6.35. The molecule has 2 aromatic rings. The van der Waals surface area contributed by atoms with Crippen LogP contribution in [-0.2, 0) is 16.1 Å². The van der Waals surface area contributed by atoms with Crippen LogP contribution in [0.25, 0.3) is 0 Å². The molecule has 2 aromatic carbocycles. The predicted molar refractivity (Wildman–Crippen MR) is 116 cm³/mol. The molecule has 0 aliphatic heterocycles. The van der Waals surface area contributed by atoms with E-state index >= 15 is 0 Å². The molecule has 2 rings (SSSR count). The van der Waals surface area contributed by atoms with Gasteiger partial charge in [0, 0.05) is 22.6 Å². The molecule has 0 heterocycles. The third kappa shape index (κ3) is 6.61. The topological polar surface area (TPSA) is 58.6 Å². The SMILES string of the molecule is CC[C@@H](C)NC(=O)[C@H](C)N(Cc1ccc(Cl)cc1Cl)C(=O)COc1ccccc1F. The van der Waals surface area contributed by atoms with Crippen LogP contribution in [0, 0.1) is 5.82 Å². The average molecular weight is 455 g/mol. The summed E-state index contributed by atoms with van der Waals surface area (Å²) in [6.45, 7) is 5.11. The first kappa shape index (κ1) is 24.0. The Kier molecular flexibility index (Phi) is 8.93. The third-order valence-corrected chi connectivity index (χ3v) is 5.30. The molecule has 0 bridgehead atoms. The molecule has 0 saturated carbocycles. The van der Waals surface area contributed by atoms with Gasteiger partial charge in [-0.05, 0) is 50.1 Å². The van der Waals surface area contributed by atoms with Gasteiger partial charge in [-0.3, -0.25) is 9.59 Å². The van der Waals surface area contributed by atoms with E-state index < -0.39 is 24.4 Å². The van der Waals surface area contributed by atoms with Gasteiger partial charge >= 0.3 is 0 Å². The number of amides is 2. The molecule has 0 fully saturated rings. The number of carbonyl (C=O) groups is 2. The van der Waals surface area contributed by atoms with E-state index in [9.17, 15) is 14.0 Å². The van der Waals surface area contributed by atoms with Crippen molar-refractivity contribution in [2.45, 2.75) is 45.8 Å². The maximum Gasteiger partial charge on any atom is 0.261 e. The fourth-order valence-corrected chi connectivity index (χ4v) is 3.13. The molecule has 0 aliphatic carbocycles. The van der Waals surface area contributed by atoms with Gasteiger partial charge in [0.1, 0.15) is 6.04 Å². The summed E-state index contributed by atoms with van der Waals surface area (Å²) in [6.07, 6.45) is 0.756. The van der Waals surface area contributed by atoms with E-state index in [2.05, 4.69) is 5.32 Å². The lowest BCUT2D eigenvalue weighted by atomic mass is 10.1. The van der Waals surface area contributed by atoms with Gasteiger partial charge in [-0.15, -0.1) is 0 Å². The molecule has 0 aliphatic rings. The standard InChI is InChI=1S/C22H25Cl2FN2O3/c1-4-14(2)26-22(29)15(3)27(12-16-9-10-17(23)11-18(16)24)21(28)13-30-20-8-6-5-7-19(20)25/h5-11,14-15H,4,12-13H2,1-3H3,(H,26,29)/t14-,15+/m1/s1. The molecule has 1 N–H and O–H groups in total. The van der Waals surface area contributed by atoms with Crippen molar-refractivity contribution >= 4 is 35.0 Å². The highest BCUT2D eigenvalue weighted by Gasteiger charge is 2.28. The van der Waals surface area contributed by atoms with Gasteiger partial charge in [0.05, 0.1) is 0 Å². The molecule has 2 amide bonds. The van der Waals surface area contributed by atoms with E-state index in [0.29, 0.717) is 15.6 Å². The smallest absolute Gasteiger partial charge is 0.261 e. The van der Waals surface area contributed by atoms with Crippen LogP contribution in [0.5, 0.6) is 5.75 Å². The zero-order chi connectivity index (χ0) is 22.3. The van der Waals surface area contributed by atoms with Crippen LogP contribution < -0.4 is 10.1 Å².